The predicted octanol–water partition coefficient (Wildman–Crippen LogP) is 4.02. The molecule has 1 N–H and O–H groups in total. The SMILES string of the molecule is CC(C)(C)OC(=O)N[C@@H](Cc1cn(Cc2ccccc2)cn1)C(=O)OCc1ccc([N+](=O)[O-])cc1. The van der Waals surface area contributed by atoms with Crippen LogP contribution in [0.2, 0.25) is 0 Å². The van der Waals surface area contributed by atoms with Crippen molar-refractivity contribution < 1.29 is 24.0 Å². The van der Waals surface area contributed by atoms with Crippen LogP contribution in [0.3, 0.4) is 0 Å². The number of rotatable bonds is 9. The monoisotopic (exact) mass is 480 g/mol. The Bertz CT molecular complexity index is 1150. The number of carbonyl (C=O) groups excluding carboxylic acids is 2. The van der Waals surface area contributed by atoms with Gasteiger partial charge in [-0.25, -0.2) is 14.6 Å². The molecule has 0 aliphatic carbocycles. The number of aromatic nitrogens is 2. The van der Waals surface area contributed by atoms with Crippen LogP contribution >= 0.6 is 0 Å². The highest BCUT2D eigenvalue weighted by molar-refractivity contribution is 5.81. The number of alkyl carbamates (subject to hydrolysis) is 1. The van der Waals surface area contributed by atoms with E-state index in [2.05, 4.69) is 10.3 Å². The number of amides is 1. The van der Waals surface area contributed by atoms with E-state index in [-0.39, 0.29) is 18.7 Å². The minimum absolute atomic E-state index is 0.0596. The Labute approximate surface area is 203 Å². The Morgan fingerprint density at radius 1 is 1.09 bits per heavy atom. The fourth-order valence-corrected chi connectivity index (χ4v) is 3.21. The van der Waals surface area contributed by atoms with Gasteiger partial charge in [0.1, 0.15) is 18.2 Å². The normalized spacial score (nSPS) is 12.0. The number of hydrogen-bond acceptors (Lipinski definition) is 7. The third-order valence-electron chi connectivity index (χ3n) is 4.81. The van der Waals surface area contributed by atoms with Gasteiger partial charge >= 0.3 is 12.1 Å². The molecule has 1 amide bonds. The maximum Gasteiger partial charge on any atom is 0.408 e. The van der Waals surface area contributed by atoms with E-state index in [0.717, 1.165) is 5.56 Å². The minimum Gasteiger partial charge on any atom is -0.459 e. The van der Waals surface area contributed by atoms with Gasteiger partial charge in [-0.2, -0.15) is 0 Å². The Morgan fingerprint density at radius 3 is 2.40 bits per heavy atom. The summed E-state index contributed by atoms with van der Waals surface area (Å²) in [6, 6.07) is 14.5. The third kappa shape index (κ3) is 8.26. The minimum atomic E-state index is -1.04. The quantitative estimate of drug-likeness (QED) is 0.278. The fraction of sp³-hybridized carbons (Fsp3) is 0.320. The van der Waals surface area contributed by atoms with Gasteiger partial charge in [0.25, 0.3) is 5.69 Å². The molecule has 184 valence electrons. The Hall–Kier alpha value is -4.21. The zero-order valence-corrected chi connectivity index (χ0v) is 19.8. The lowest BCUT2D eigenvalue weighted by atomic mass is 10.1. The van der Waals surface area contributed by atoms with Crippen molar-refractivity contribution in [3.63, 3.8) is 0 Å². The lowest BCUT2D eigenvalue weighted by Gasteiger charge is -2.22. The first kappa shape index (κ1) is 25.4. The van der Waals surface area contributed by atoms with E-state index < -0.39 is 28.6 Å². The van der Waals surface area contributed by atoms with Crippen molar-refractivity contribution in [2.24, 2.45) is 0 Å². The Kier molecular flexibility index (Phi) is 8.19. The molecule has 0 aliphatic heterocycles. The first-order chi connectivity index (χ1) is 16.6. The van der Waals surface area contributed by atoms with Gasteiger partial charge < -0.3 is 19.4 Å². The van der Waals surface area contributed by atoms with Gasteiger partial charge in [0.05, 0.1) is 16.9 Å². The fourth-order valence-electron chi connectivity index (χ4n) is 3.21. The summed E-state index contributed by atoms with van der Waals surface area (Å²) in [7, 11) is 0. The molecule has 1 aromatic heterocycles. The van der Waals surface area contributed by atoms with Crippen molar-refractivity contribution in [2.45, 2.75) is 52.0 Å². The molecular formula is C25H28N4O6. The molecule has 0 aliphatic rings. The van der Waals surface area contributed by atoms with Crippen LogP contribution in [0.5, 0.6) is 0 Å². The molecule has 2 aromatic carbocycles. The van der Waals surface area contributed by atoms with Crippen molar-refractivity contribution in [3.8, 4) is 0 Å². The van der Waals surface area contributed by atoms with E-state index >= 15 is 0 Å². The van der Waals surface area contributed by atoms with Crippen LogP contribution in [-0.4, -0.2) is 38.2 Å². The van der Waals surface area contributed by atoms with Crippen LogP contribution in [0.1, 0.15) is 37.6 Å². The maximum absolute atomic E-state index is 12.9. The molecule has 3 rings (SSSR count). The molecule has 0 bridgehead atoms. The molecule has 3 aromatic rings. The number of non-ortho nitro benzene ring substituents is 1. The molecule has 0 radical (unpaired) electrons. The van der Waals surface area contributed by atoms with Crippen molar-refractivity contribution >= 4 is 17.7 Å². The number of ether oxygens (including phenoxy) is 2. The van der Waals surface area contributed by atoms with Crippen LogP contribution in [0, 0.1) is 10.1 Å². The standard InChI is InChI=1S/C25H28N4O6/c1-25(2,3)35-24(31)27-22(23(30)34-16-19-9-11-21(12-10-19)29(32)33)13-20-15-28(17-26-20)14-18-7-5-4-6-8-18/h4-12,15,17,22H,13-14,16H2,1-3H3,(H,27,31)/t22-/m0/s1. The smallest absolute Gasteiger partial charge is 0.408 e. The summed E-state index contributed by atoms with van der Waals surface area (Å²) in [6.07, 6.45) is 2.81. The summed E-state index contributed by atoms with van der Waals surface area (Å²) < 4.78 is 12.6. The van der Waals surface area contributed by atoms with E-state index in [0.29, 0.717) is 17.8 Å². The summed E-state index contributed by atoms with van der Waals surface area (Å²) in [4.78, 5) is 39.9. The molecular weight excluding hydrogens is 452 g/mol. The number of nitro groups is 1. The van der Waals surface area contributed by atoms with E-state index in [1.54, 1.807) is 33.3 Å². The molecule has 0 saturated carbocycles. The molecule has 0 fully saturated rings. The van der Waals surface area contributed by atoms with Gasteiger partial charge in [0, 0.05) is 31.3 Å². The van der Waals surface area contributed by atoms with Gasteiger partial charge in [-0.1, -0.05) is 30.3 Å². The van der Waals surface area contributed by atoms with E-state index in [9.17, 15) is 19.7 Å². The van der Waals surface area contributed by atoms with Gasteiger partial charge in [0.15, 0.2) is 0 Å². The number of nitrogens with zero attached hydrogens (tertiary/aromatic N) is 3. The lowest BCUT2D eigenvalue weighted by Crippen LogP contribution is -2.45. The molecule has 1 atom stereocenters. The number of esters is 1. The topological polar surface area (TPSA) is 126 Å². The van der Waals surface area contributed by atoms with Crippen molar-refractivity contribution in [2.75, 3.05) is 0 Å². The van der Waals surface area contributed by atoms with Crippen LogP contribution in [0.15, 0.2) is 67.1 Å². The van der Waals surface area contributed by atoms with E-state index in [1.807, 2.05) is 34.9 Å². The summed E-state index contributed by atoms with van der Waals surface area (Å²) in [5.74, 6) is -0.674. The average molecular weight is 481 g/mol. The highest BCUT2D eigenvalue weighted by Gasteiger charge is 2.27. The average Bonchev–Trinajstić information content (AvgIpc) is 3.23. The predicted molar refractivity (Wildman–Crippen MR) is 128 cm³/mol. The number of nitrogens with one attached hydrogen (secondary N) is 1. The van der Waals surface area contributed by atoms with E-state index in [1.165, 1.54) is 24.3 Å². The number of carbonyl (C=O) groups is 2. The van der Waals surface area contributed by atoms with Crippen molar-refractivity contribution in [1.29, 1.82) is 0 Å². The van der Waals surface area contributed by atoms with Crippen LogP contribution < -0.4 is 5.32 Å². The maximum atomic E-state index is 12.9. The van der Waals surface area contributed by atoms with Gasteiger partial charge in [-0.15, -0.1) is 0 Å². The number of nitro benzene ring substituents is 1. The number of benzene rings is 2. The van der Waals surface area contributed by atoms with E-state index in [4.69, 9.17) is 9.47 Å². The van der Waals surface area contributed by atoms with Crippen molar-refractivity contribution in [1.82, 2.24) is 14.9 Å². The van der Waals surface area contributed by atoms with Gasteiger partial charge in [0.2, 0.25) is 0 Å². The number of hydrogen-bond donors (Lipinski definition) is 1. The second-order valence-electron chi connectivity index (χ2n) is 8.96. The van der Waals surface area contributed by atoms with Crippen LogP contribution in [0.4, 0.5) is 10.5 Å². The van der Waals surface area contributed by atoms with Crippen LogP contribution in [0.25, 0.3) is 0 Å². The Balaban J connectivity index is 1.67. The van der Waals surface area contributed by atoms with Gasteiger partial charge in [-0.05, 0) is 44.0 Å². The summed E-state index contributed by atoms with van der Waals surface area (Å²) >= 11 is 0. The first-order valence-corrected chi connectivity index (χ1v) is 11.0. The Morgan fingerprint density at radius 2 is 1.77 bits per heavy atom. The van der Waals surface area contributed by atoms with Crippen molar-refractivity contribution in [3.05, 3.63) is 94.1 Å². The number of imidazole rings is 1. The highest BCUT2D eigenvalue weighted by Crippen LogP contribution is 2.14. The molecule has 10 heteroatoms. The third-order valence-corrected chi connectivity index (χ3v) is 4.81. The molecule has 0 saturated heterocycles. The molecule has 1 heterocycles. The summed E-state index contributed by atoms with van der Waals surface area (Å²) in [5, 5.41) is 13.4. The second kappa shape index (κ2) is 11.3. The largest absolute Gasteiger partial charge is 0.459 e. The molecule has 0 spiro atoms. The summed E-state index contributed by atoms with van der Waals surface area (Å²) in [5.41, 5.74) is 1.47. The molecule has 0 unspecified atom stereocenters. The van der Waals surface area contributed by atoms with Gasteiger partial charge in [-0.3, -0.25) is 10.1 Å². The highest BCUT2D eigenvalue weighted by atomic mass is 16.6. The summed E-state index contributed by atoms with van der Waals surface area (Å²) in [6.45, 7) is 5.67. The molecule has 10 nitrogen and oxygen atoms in total. The molecule has 35 heavy (non-hydrogen) atoms. The second-order valence-corrected chi connectivity index (χ2v) is 8.96. The first-order valence-electron chi connectivity index (χ1n) is 11.0. The van der Waals surface area contributed by atoms with Crippen LogP contribution in [-0.2, 0) is 33.8 Å². The zero-order chi connectivity index (χ0) is 25.4. The lowest BCUT2D eigenvalue weighted by molar-refractivity contribution is -0.384. The zero-order valence-electron chi connectivity index (χ0n) is 19.8.